The van der Waals surface area contributed by atoms with Gasteiger partial charge < -0.3 is 21.1 Å². The summed E-state index contributed by atoms with van der Waals surface area (Å²) in [7, 11) is 1.30. The lowest BCUT2D eigenvalue weighted by atomic mass is 9.92. The summed E-state index contributed by atoms with van der Waals surface area (Å²) in [6.07, 6.45) is 3.08. The quantitative estimate of drug-likeness (QED) is 0.786. The number of carbonyl (C=O) groups is 2. The summed E-state index contributed by atoms with van der Waals surface area (Å²) in [6.45, 7) is 2.49. The minimum atomic E-state index is -0.507. The third-order valence-electron chi connectivity index (χ3n) is 3.93. The Morgan fingerprint density at radius 2 is 2.14 bits per heavy atom. The van der Waals surface area contributed by atoms with Crippen molar-refractivity contribution in [1.82, 2.24) is 4.98 Å². The Balaban J connectivity index is 2.36. The van der Waals surface area contributed by atoms with Gasteiger partial charge in [0.25, 0.3) is 0 Å². The second kappa shape index (κ2) is 5.99. The summed E-state index contributed by atoms with van der Waals surface area (Å²) >= 11 is 0. The number of nitrogens with two attached hydrogens (primary N) is 2. The van der Waals surface area contributed by atoms with Crippen LogP contribution in [-0.4, -0.2) is 36.6 Å². The van der Waals surface area contributed by atoms with Gasteiger partial charge >= 0.3 is 5.97 Å². The van der Waals surface area contributed by atoms with Gasteiger partial charge in [0.2, 0.25) is 5.91 Å². The first kappa shape index (κ1) is 15.1. The molecule has 1 aromatic rings. The summed E-state index contributed by atoms with van der Waals surface area (Å²) in [4.78, 5) is 29.3. The molecule has 0 radical (unpaired) electrons. The van der Waals surface area contributed by atoms with Crippen LogP contribution in [0.4, 0.5) is 11.5 Å². The van der Waals surface area contributed by atoms with Gasteiger partial charge in [-0.1, -0.05) is 0 Å². The molecule has 1 aliphatic heterocycles. The van der Waals surface area contributed by atoms with Crippen molar-refractivity contribution in [2.75, 3.05) is 24.3 Å². The van der Waals surface area contributed by atoms with Gasteiger partial charge in [-0.25, -0.2) is 9.78 Å². The van der Waals surface area contributed by atoms with Crippen molar-refractivity contribution in [3.8, 4) is 0 Å². The molecule has 7 nitrogen and oxygen atoms in total. The van der Waals surface area contributed by atoms with E-state index in [4.69, 9.17) is 16.2 Å². The molecule has 0 saturated carbocycles. The second-order valence-corrected chi connectivity index (χ2v) is 5.27. The molecular weight excluding hydrogens is 272 g/mol. The predicted octanol–water partition coefficient (Wildman–Crippen LogP) is 0.541. The lowest BCUT2D eigenvalue weighted by Gasteiger charge is -2.38. The highest BCUT2D eigenvalue weighted by molar-refractivity contribution is 5.97. The fourth-order valence-corrected chi connectivity index (χ4v) is 2.61. The van der Waals surface area contributed by atoms with E-state index in [2.05, 4.69) is 4.98 Å². The highest BCUT2D eigenvalue weighted by Crippen LogP contribution is 2.31. The Kier molecular flexibility index (Phi) is 4.30. The van der Waals surface area contributed by atoms with Gasteiger partial charge in [0.05, 0.1) is 24.3 Å². The van der Waals surface area contributed by atoms with Crippen LogP contribution in [0.2, 0.25) is 0 Å². The van der Waals surface area contributed by atoms with Gasteiger partial charge in [0.15, 0.2) is 5.82 Å². The van der Waals surface area contributed by atoms with Crippen molar-refractivity contribution < 1.29 is 14.3 Å². The molecule has 1 aromatic heterocycles. The maximum absolute atomic E-state index is 11.7. The summed E-state index contributed by atoms with van der Waals surface area (Å²) < 4.78 is 4.71. The number of piperidine rings is 1. The average Bonchev–Trinajstić information content (AvgIpc) is 2.47. The van der Waals surface area contributed by atoms with Crippen molar-refractivity contribution in [2.45, 2.75) is 25.8 Å². The number of ether oxygens (including phenoxy) is 1. The van der Waals surface area contributed by atoms with Crippen LogP contribution in [0.1, 0.15) is 30.1 Å². The van der Waals surface area contributed by atoms with Gasteiger partial charge in [-0.2, -0.15) is 0 Å². The molecule has 1 aliphatic rings. The van der Waals surface area contributed by atoms with E-state index in [1.165, 1.54) is 19.4 Å². The Bertz CT molecular complexity index is 561. The van der Waals surface area contributed by atoms with Crippen LogP contribution in [0.3, 0.4) is 0 Å². The Morgan fingerprint density at radius 1 is 1.43 bits per heavy atom. The normalized spacial score (nSPS) is 21.9. The highest BCUT2D eigenvalue weighted by Gasteiger charge is 2.31. The number of rotatable bonds is 3. The standard InChI is InChI=1S/C14H20N4O3/c1-8-3-4-9(12(16)19)7-18(8)13-11(15)10(5-6-17-13)14(20)21-2/h5-6,8-9H,3-4,7,15H2,1-2H3,(H2,16,19). The highest BCUT2D eigenvalue weighted by atomic mass is 16.5. The minimum absolute atomic E-state index is 0.170. The van der Waals surface area contributed by atoms with Gasteiger partial charge in [0.1, 0.15) is 0 Å². The number of hydrogen-bond donors (Lipinski definition) is 2. The van der Waals surface area contributed by atoms with E-state index < -0.39 is 5.97 Å². The largest absolute Gasteiger partial charge is 0.465 e. The third kappa shape index (κ3) is 2.91. The van der Waals surface area contributed by atoms with Crippen LogP contribution in [0.15, 0.2) is 12.3 Å². The number of nitrogens with zero attached hydrogens (tertiary/aromatic N) is 2. The zero-order valence-corrected chi connectivity index (χ0v) is 12.2. The van der Waals surface area contributed by atoms with E-state index >= 15 is 0 Å². The molecule has 7 heteroatoms. The first-order valence-electron chi connectivity index (χ1n) is 6.84. The molecular formula is C14H20N4O3. The van der Waals surface area contributed by atoms with Gasteiger partial charge in [-0.15, -0.1) is 0 Å². The molecule has 2 atom stereocenters. The average molecular weight is 292 g/mol. The Labute approximate surface area is 123 Å². The van der Waals surface area contributed by atoms with E-state index in [9.17, 15) is 9.59 Å². The number of anilines is 2. The summed E-state index contributed by atoms with van der Waals surface area (Å²) in [5.41, 5.74) is 12.0. The number of pyridine rings is 1. The van der Waals surface area contributed by atoms with Crippen molar-refractivity contribution in [3.63, 3.8) is 0 Å². The number of primary amides is 1. The summed E-state index contributed by atoms with van der Waals surface area (Å²) in [6, 6.07) is 1.69. The van der Waals surface area contributed by atoms with E-state index in [1.54, 1.807) is 0 Å². The van der Waals surface area contributed by atoms with Crippen molar-refractivity contribution in [3.05, 3.63) is 17.8 Å². The van der Waals surface area contributed by atoms with Crippen LogP contribution in [0.5, 0.6) is 0 Å². The lowest BCUT2D eigenvalue weighted by Crippen LogP contribution is -2.46. The minimum Gasteiger partial charge on any atom is -0.465 e. The van der Waals surface area contributed by atoms with E-state index in [0.717, 1.165) is 12.8 Å². The van der Waals surface area contributed by atoms with Crippen LogP contribution < -0.4 is 16.4 Å². The molecule has 2 heterocycles. The number of methoxy groups -OCH3 is 1. The van der Waals surface area contributed by atoms with Crippen LogP contribution >= 0.6 is 0 Å². The second-order valence-electron chi connectivity index (χ2n) is 5.27. The predicted molar refractivity (Wildman–Crippen MR) is 78.7 cm³/mol. The molecule has 114 valence electrons. The Morgan fingerprint density at radius 3 is 2.76 bits per heavy atom. The number of nitrogen functional groups attached to an aromatic ring is 1. The number of amides is 1. The molecule has 1 amide bonds. The molecule has 2 rings (SSSR count). The molecule has 2 unspecified atom stereocenters. The molecule has 0 bridgehead atoms. The van der Waals surface area contributed by atoms with Crippen LogP contribution in [0.25, 0.3) is 0 Å². The molecule has 0 spiro atoms. The number of carbonyl (C=O) groups excluding carboxylic acids is 2. The first-order valence-corrected chi connectivity index (χ1v) is 6.84. The molecule has 4 N–H and O–H groups in total. The zero-order valence-electron chi connectivity index (χ0n) is 12.2. The lowest BCUT2D eigenvalue weighted by molar-refractivity contribution is -0.122. The monoisotopic (exact) mass is 292 g/mol. The fourth-order valence-electron chi connectivity index (χ4n) is 2.61. The molecule has 1 fully saturated rings. The summed E-state index contributed by atoms with van der Waals surface area (Å²) in [5.74, 6) is -0.567. The van der Waals surface area contributed by atoms with Gasteiger partial charge in [-0.05, 0) is 25.8 Å². The Hall–Kier alpha value is -2.31. The number of hydrogen-bond acceptors (Lipinski definition) is 6. The maximum atomic E-state index is 11.7. The fraction of sp³-hybridized carbons (Fsp3) is 0.500. The van der Waals surface area contributed by atoms with Gasteiger partial charge in [0, 0.05) is 18.8 Å². The smallest absolute Gasteiger partial charge is 0.340 e. The maximum Gasteiger partial charge on any atom is 0.340 e. The van der Waals surface area contributed by atoms with E-state index in [0.29, 0.717) is 12.4 Å². The molecule has 0 aliphatic carbocycles. The SMILES string of the molecule is COC(=O)c1ccnc(N2CC(C(N)=O)CCC2C)c1N. The first-order chi connectivity index (χ1) is 9.95. The molecule has 1 saturated heterocycles. The molecule has 0 aromatic carbocycles. The number of esters is 1. The number of aromatic nitrogens is 1. The van der Waals surface area contributed by atoms with E-state index in [1.807, 2.05) is 11.8 Å². The zero-order chi connectivity index (χ0) is 15.6. The topological polar surface area (TPSA) is 112 Å². The van der Waals surface area contributed by atoms with E-state index in [-0.39, 0.29) is 29.1 Å². The molecule has 21 heavy (non-hydrogen) atoms. The summed E-state index contributed by atoms with van der Waals surface area (Å²) in [5, 5.41) is 0. The third-order valence-corrected chi connectivity index (χ3v) is 3.93. The van der Waals surface area contributed by atoms with Crippen molar-refractivity contribution in [1.29, 1.82) is 0 Å². The van der Waals surface area contributed by atoms with Crippen molar-refractivity contribution in [2.24, 2.45) is 11.7 Å². The van der Waals surface area contributed by atoms with Crippen LogP contribution in [0, 0.1) is 5.92 Å². The van der Waals surface area contributed by atoms with Crippen molar-refractivity contribution >= 4 is 23.4 Å². The van der Waals surface area contributed by atoms with Crippen LogP contribution in [-0.2, 0) is 9.53 Å². The van der Waals surface area contributed by atoms with Gasteiger partial charge in [-0.3, -0.25) is 4.79 Å².